The van der Waals surface area contributed by atoms with Crippen LogP contribution >= 0.6 is 0 Å². The first-order valence-electron chi connectivity index (χ1n) is 7.32. The summed E-state index contributed by atoms with van der Waals surface area (Å²) in [5, 5.41) is 2.70. The van der Waals surface area contributed by atoms with Crippen LogP contribution in [0.3, 0.4) is 0 Å². The van der Waals surface area contributed by atoms with Crippen LogP contribution in [0.2, 0.25) is 0 Å². The molecule has 2 aliphatic rings. The number of cyclic esters (lactones) is 2. The Hall–Kier alpha value is -2.61. The predicted molar refractivity (Wildman–Crippen MR) is 79.6 cm³/mol. The molecule has 7 nitrogen and oxygen atoms in total. The first-order chi connectivity index (χ1) is 11.4. The van der Waals surface area contributed by atoms with Crippen molar-refractivity contribution >= 4 is 17.6 Å². The van der Waals surface area contributed by atoms with E-state index in [1.54, 1.807) is 6.07 Å². The highest BCUT2D eigenvalue weighted by atomic mass is 19.1. The second-order valence-electron chi connectivity index (χ2n) is 5.78. The molecule has 3 rings (SSSR count). The Morgan fingerprint density at radius 3 is 2.50 bits per heavy atom. The van der Waals surface area contributed by atoms with Gasteiger partial charge in [-0.25, -0.2) is 14.0 Å². The SMILES string of the molecule is CC1(C)OC(=O)C(=CNc2cccc(F)c2OC2COC2)C(=O)O1. The molecule has 2 fully saturated rings. The summed E-state index contributed by atoms with van der Waals surface area (Å²) in [5.41, 5.74) is -0.0589. The molecule has 0 aromatic heterocycles. The van der Waals surface area contributed by atoms with Crippen LogP contribution in [0.5, 0.6) is 5.75 Å². The largest absolute Gasteiger partial charge is 0.480 e. The zero-order valence-electron chi connectivity index (χ0n) is 13.1. The van der Waals surface area contributed by atoms with Crippen molar-refractivity contribution in [3.05, 3.63) is 35.8 Å². The minimum absolute atomic E-state index is 0.0134. The van der Waals surface area contributed by atoms with Crippen LogP contribution in [0.4, 0.5) is 10.1 Å². The monoisotopic (exact) mass is 337 g/mol. The van der Waals surface area contributed by atoms with Gasteiger partial charge in [0.25, 0.3) is 5.79 Å². The summed E-state index contributed by atoms with van der Waals surface area (Å²) in [6, 6.07) is 4.28. The van der Waals surface area contributed by atoms with Gasteiger partial charge in [0.2, 0.25) is 0 Å². The fourth-order valence-corrected chi connectivity index (χ4v) is 2.12. The van der Waals surface area contributed by atoms with Crippen molar-refractivity contribution in [3.63, 3.8) is 0 Å². The number of hydrogen-bond acceptors (Lipinski definition) is 7. The molecule has 1 aromatic rings. The topological polar surface area (TPSA) is 83.1 Å². The lowest BCUT2D eigenvalue weighted by Gasteiger charge is -2.30. The molecule has 0 atom stereocenters. The molecule has 128 valence electrons. The molecule has 24 heavy (non-hydrogen) atoms. The van der Waals surface area contributed by atoms with E-state index < -0.39 is 23.5 Å². The number of para-hydroxylation sites is 1. The van der Waals surface area contributed by atoms with Gasteiger partial charge < -0.3 is 24.3 Å². The van der Waals surface area contributed by atoms with Gasteiger partial charge in [0.15, 0.2) is 17.1 Å². The first-order valence-corrected chi connectivity index (χ1v) is 7.32. The quantitative estimate of drug-likeness (QED) is 0.509. The molecule has 0 amide bonds. The van der Waals surface area contributed by atoms with Crippen LogP contribution in [-0.2, 0) is 23.8 Å². The van der Waals surface area contributed by atoms with Crippen molar-refractivity contribution < 1.29 is 32.9 Å². The van der Waals surface area contributed by atoms with Crippen molar-refractivity contribution in [2.24, 2.45) is 0 Å². The molecule has 2 saturated heterocycles. The van der Waals surface area contributed by atoms with Gasteiger partial charge in [-0.3, -0.25) is 0 Å². The average molecular weight is 337 g/mol. The fraction of sp³-hybridized carbons (Fsp3) is 0.375. The van der Waals surface area contributed by atoms with Crippen LogP contribution in [0, 0.1) is 5.82 Å². The molecule has 8 heteroatoms. The molecule has 0 saturated carbocycles. The number of nitrogens with one attached hydrogen (secondary N) is 1. The van der Waals surface area contributed by atoms with Crippen LogP contribution in [0.25, 0.3) is 0 Å². The van der Waals surface area contributed by atoms with Gasteiger partial charge in [-0.1, -0.05) is 6.07 Å². The Morgan fingerprint density at radius 1 is 1.25 bits per heavy atom. The maximum atomic E-state index is 14.0. The van der Waals surface area contributed by atoms with Crippen LogP contribution in [0.15, 0.2) is 30.0 Å². The maximum absolute atomic E-state index is 14.0. The molecular weight excluding hydrogens is 321 g/mol. The van der Waals surface area contributed by atoms with Crippen molar-refractivity contribution in [2.75, 3.05) is 18.5 Å². The number of halogens is 1. The Labute approximate surface area is 137 Å². The highest BCUT2D eigenvalue weighted by Crippen LogP contribution is 2.30. The lowest BCUT2D eigenvalue weighted by molar-refractivity contribution is -0.222. The van der Waals surface area contributed by atoms with Crippen molar-refractivity contribution in [3.8, 4) is 5.75 Å². The molecule has 0 unspecified atom stereocenters. The van der Waals surface area contributed by atoms with Gasteiger partial charge in [-0.2, -0.15) is 0 Å². The molecule has 2 aliphatic heterocycles. The molecule has 0 spiro atoms. The summed E-state index contributed by atoms with van der Waals surface area (Å²) in [5.74, 6) is -3.55. The van der Waals surface area contributed by atoms with E-state index in [0.717, 1.165) is 6.20 Å². The van der Waals surface area contributed by atoms with Crippen LogP contribution in [0.1, 0.15) is 13.8 Å². The van der Waals surface area contributed by atoms with E-state index in [1.165, 1.54) is 26.0 Å². The highest BCUT2D eigenvalue weighted by Gasteiger charge is 2.39. The van der Waals surface area contributed by atoms with Crippen LogP contribution in [-0.4, -0.2) is 37.0 Å². The second-order valence-corrected chi connectivity index (χ2v) is 5.78. The summed E-state index contributed by atoms with van der Waals surface area (Å²) in [6.45, 7) is 3.66. The number of carbonyl (C=O) groups is 2. The van der Waals surface area contributed by atoms with Gasteiger partial charge in [0.05, 0.1) is 18.9 Å². The average Bonchev–Trinajstić information content (AvgIpc) is 2.42. The predicted octanol–water partition coefficient (Wildman–Crippen LogP) is 1.74. The molecular formula is C16H16FNO6. The van der Waals surface area contributed by atoms with Gasteiger partial charge in [-0.15, -0.1) is 0 Å². The summed E-state index contributed by atoms with van der Waals surface area (Å²) >= 11 is 0. The smallest absolute Gasteiger partial charge is 0.350 e. The van der Waals surface area contributed by atoms with E-state index in [1.807, 2.05) is 0 Å². The zero-order chi connectivity index (χ0) is 17.3. The zero-order valence-corrected chi connectivity index (χ0v) is 13.1. The first kappa shape index (κ1) is 16.3. The molecule has 1 aromatic carbocycles. The Balaban J connectivity index is 1.80. The molecule has 0 radical (unpaired) electrons. The Morgan fingerprint density at radius 2 is 1.92 bits per heavy atom. The second kappa shape index (κ2) is 6.12. The summed E-state index contributed by atoms with van der Waals surface area (Å²) in [4.78, 5) is 23.7. The molecule has 0 bridgehead atoms. The molecule has 2 heterocycles. The minimum atomic E-state index is -1.32. The Kier molecular flexibility index (Phi) is 4.15. The van der Waals surface area contributed by atoms with E-state index >= 15 is 0 Å². The lowest BCUT2D eigenvalue weighted by atomic mass is 10.2. The van der Waals surface area contributed by atoms with Gasteiger partial charge in [-0.05, 0) is 12.1 Å². The van der Waals surface area contributed by atoms with E-state index in [-0.39, 0.29) is 23.1 Å². The van der Waals surface area contributed by atoms with E-state index in [9.17, 15) is 14.0 Å². The normalized spacial score (nSPS) is 19.9. The summed E-state index contributed by atoms with van der Waals surface area (Å²) in [6.07, 6.45) is 0.874. The third-order valence-electron chi connectivity index (χ3n) is 3.35. The number of carbonyl (C=O) groups excluding carboxylic acids is 2. The standard InChI is InChI=1S/C16H16FNO6/c1-16(2)23-14(19)10(15(20)24-16)6-18-12-5-3-4-11(17)13(12)22-9-7-21-8-9/h3-6,9,18H,7-8H2,1-2H3. The highest BCUT2D eigenvalue weighted by molar-refractivity contribution is 6.15. The number of hydrogen-bond donors (Lipinski definition) is 1. The van der Waals surface area contributed by atoms with E-state index in [4.69, 9.17) is 18.9 Å². The van der Waals surface area contributed by atoms with Crippen LogP contribution < -0.4 is 10.1 Å². The maximum Gasteiger partial charge on any atom is 0.350 e. The van der Waals surface area contributed by atoms with E-state index in [0.29, 0.717) is 13.2 Å². The van der Waals surface area contributed by atoms with Gasteiger partial charge in [0.1, 0.15) is 6.10 Å². The number of ether oxygens (including phenoxy) is 4. The number of anilines is 1. The third-order valence-corrected chi connectivity index (χ3v) is 3.35. The summed E-state index contributed by atoms with van der Waals surface area (Å²) < 4.78 is 34.4. The van der Waals surface area contributed by atoms with Gasteiger partial charge in [0, 0.05) is 20.0 Å². The van der Waals surface area contributed by atoms with Crippen molar-refractivity contribution in [1.29, 1.82) is 0 Å². The number of benzene rings is 1. The van der Waals surface area contributed by atoms with Gasteiger partial charge >= 0.3 is 11.9 Å². The molecule has 1 N–H and O–H groups in total. The van der Waals surface area contributed by atoms with E-state index in [2.05, 4.69) is 5.32 Å². The fourth-order valence-electron chi connectivity index (χ4n) is 2.12. The number of esters is 2. The Bertz CT molecular complexity index is 689. The van der Waals surface area contributed by atoms with Crippen molar-refractivity contribution in [2.45, 2.75) is 25.7 Å². The number of rotatable bonds is 4. The summed E-state index contributed by atoms with van der Waals surface area (Å²) in [7, 11) is 0. The molecule has 0 aliphatic carbocycles. The lowest BCUT2D eigenvalue weighted by Crippen LogP contribution is -2.42. The van der Waals surface area contributed by atoms with Crippen molar-refractivity contribution in [1.82, 2.24) is 0 Å². The third kappa shape index (κ3) is 3.33. The minimum Gasteiger partial charge on any atom is -0.480 e.